The topological polar surface area (TPSA) is 55.5 Å². The van der Waals surface area contributed by atoms with E-state index in [1.165, 1.54) is 0 Å². The van der Waals surface area contributed by atoms with Crippen LogP contribution in [0.15, 0.2) is 6.07 Å². The maximum atomic E-state index is 13.4. The number of ether oxygens (including phenoxy) is 1. The minimum absolute atomic E-state index is 0.416. The van der Waals surface area contributed by atoms with Crippen LogP contribution in [0.2, 0.25) is 0 Å². The molecule has 0 bridgehead atoms. The number of aliphatic hydroxyl groups excluding tert-OH is 1. The van der Waals surface area contributed by atoms with E-state index in [2.05, 4.69) is 4.74 Å². The highest BCUT2D eigenvalue weighted by Gasteiger charge is 2.24. The fourth-order valence-corrected chi connectivity index (χ4v) is 1.16. The van der Waals surface area contributed by atoms with Gasteiger partial charge in [-0.15, -0.1) is 0 Å². The van der Waals surface area contributed by atoms with Crippen molar-refractivity contribution in [1.29, 1.82) is 0 Å². The molecule has 0 amide bonds. The summed E-state index contributed by atoms with van der Waals surface area (Å²) in [6.45, 7) is -0.416. The molecule has 0 aliphatic carbocycles. The van der Waals surface area contributed by atoms with Crippen molar-refractivity contribution in [1.82, 2.24) is 0 Å². The summed E-state index contributed by atoms with van der Waals surface area (Å²) in [5.41, 5.74) is 4.23. The molecule has 1 aromatic carbocycles. The van der Waals surface area contributed by atoms with Crippen LogP contribution >= 0.6 is 0 Å². The van der Waals surface area contributed by atoms with Crippen LogP contribution in [-0.4, -0.2) is 18.8 Å². The standard InChI is InChI=1S/C9H10F3NO2/c1-15-6-2-4(10)8(11)7(9(6)12)5(14)3-13/h2,5,14H,3,13H2,1H3. The van der Waals surface area contributed by atoms with Gasteiger partial charge in [-0.1, -0.05) is 0 Å². The minimum atomic E-state index is -1.60. The lowest BCUT2D eigenvalue weighted by Gasteiger charge is -2.13. The van der Waals surface area contributed by atoms with Gasteiger partial charge in [-0.25, -0.2) is 13.2 Å². The van der Waals surface area contributed by atoms with Gasteiger partial charge in [0.05, 0.1) is 18.8 Å². The van der Waals surface area contributed by atoms with E-state index in [0.29, 0.717) is 6.07 Å². The molecule has 0 saturated heterocycles. The van der Waals surface area contributed by atoms with E-state index >= 15 is 0 Å². The highest BCUT2D eigenvalue weighted by atomic mass is 19.2. The number of methoxy groups -OCH3 is 1. The van der Waals surface area contributed by atoms with Gasteiger partial charge in [-0.2, -0.15) is 0 Å². The second kappa shape index (κ2) is 4.50. The van der Waals surface area contributed by atoms with Gasteiger partial charge in [0, 0.05) is 12.6 Å². The predicted molar refractivity (Wildman–Crippen MR) is 46.9 cm³/mol. The van der Waals surface area contributed by atoms with Crippen molar-refractivity contribution >= 4 is 0 Å². The van der Waals surface area contributed by atoms with E-state index in [1.54, 1.807) is 0 Å². The van der Waals surface area contributed by atoms with Crippen molar-refractivity contribution in [3.8, 4) is 5.75 Å². The van der Waals surface area contributed by atoms with E-state index in [4.69, 9.17) is 5.73 Å². The molecule has 1 unspecified atom stereocenters. The molecule has 6 heteroatoms. The molecular formula is C9H10F3NO2. The summed E-state index contributed by atoms with van der Waals surface area (Å²) in [6.07, 6.45) is -1.60. The van der Waals surface area contributed by atoms with Crippen molar-refractivity contribution in [2.24, 2.45) is 5.73 Å². The quantitative estimate of drug-likeness (QED) is 0.751. The summed E-state index contributed by atoms with van der Waals surface area (Å²) in [5, 5.41) is 9.21. The first kappa shape index (κ1) is 11.8. The molecule has 3 N–H and O–H groups in total. The molecule has 1 aromatic rings. The SMILES string of the molecule is COc1cc(F)c(F)c(C(O)CN)c1F. The number of nitrogens with two attached hydrogens (primary N) is 1. The Morgan fingerprint density at radius 2 is 2.00 bits per heavy atom. The summed E-state index contributed by atoms with van der Waals surface area (Å²) < 4.78 is 43.9. The van der Waals surface area contributed by atoms with Gasteiger partial charge in [0.1, 0.15) is 0 Å². The van der Waals surface area contributed by atoms with E-state index in [1.807, 2.05) is 0 Å². The first-order valence-corrected chi connectivity index (χ1v) is 4.12. The number of hydrogen-bond donors (Lipinski definition) is 2. The van der Waals surface area contributed by atoms with Gasteiger partial charge in [0.25, 0.3) is 0 Å². The van der Waals surface area contributed by atoms with Crippen LogP contribution in [0.25, 0.3) is 0 Å². The fraction of sp³-hybridized carbons (Fsp3) is 0.333. The van der Waals surface area contributed by atoms with Crippen molar-refractivity contribution in [3.63, 3.8) is 0 Å². The molecule has 0 saturated carbocycles. The van der Waals surface area contributed by atoms with Gasteiger partial charge in [-0.3, -0.25) is 0 Å². The van der Waals surface area contributed by atoms with E-state index < -0.39 is 41.4 Å². The third-order valence-electron chi connectivity index (χ3n) is 1.93. The molecule has 0 aliphatic heterocycles. The Labute approximate surface area is 84.3 Å². The van der Waals surface area contributed by atoms with Crippen molar-refractivity contribution < 1.29 is 23.0 Å². The molecule has 0 heterocycles. The molecule has 0 radical (unpaired) electrons. The van der Waals surface area contributed by atoms with Crippen molar-refractivity contribution in [3.05, 3.63) is 29.1 Å². The maximum absolute atomic E-state index is 13.4. The normalized spacial score (nSPS) is 12.7. The monoisotopic (exact) mass is 221 g/mol. The van der Waals surface area contributed by atoms with Gasteiger partial charge in [0.15, 0.2) is 23.2 Å². The smallest absolute Gasteiger partial charge is 0.174 e. The summed E-state index contributed by atoms with van der Waals surface area (Å²) in [6, 6.07) is 0.567. The Balaban J connectivity index is 3.40. The Bertz CT molecular complexity index is 371. The molecule has 0 spiro atoms. The van der Waals surface area contributed by atoms with Crippen LogP contribution in [0.3, 0.4) is 0 Å². The molecular weight excluding hydrogens is 211 g/mol. The lowest BCUT2D eigenvalue weighted by molar-refractivity contribution is 0.173. The molecule has 0 aliphatic rings. The second-order valence-electron chi connectivity index (χ2n) is 2.85. The van der Waals surface area contributed by atoms with Crippen LogP contribution in [0.4, 0.5) is 13.2 Å². The van der Waals surface area contributed by atoms with E-state index in [9.17, 15) is 18.3 Å². The van der Waals surface area contributed by atoms with Gasteiger partial charge >= 0.3 is 0 Å². The molecule has 0 aromatic heterocycles. The molecule has 1 rings (SSSR count). The van der Waals surface area contributed by atoms with E-state index in [-0.39, 0.29) is 0 Å². The van der Waals surface area contributed by atoms with Gasteiger partial charge in [0.2, 0.25) is 0 Å². The fourth-order valence-electron chi connectivity index (χ4n) is 1.16. The largest absolute Gasteiger partial charge is 0.494 e. The molecule has 1 atom stereocenters. The summed E-state index contributed by atoms with van der Waals surface area (Å²) in [5.74, 6) is -4.37. The number of hydrogen-bond acceptors (Lipinski definition) is 3. The van der Waals surface area contributed by atoms with Crippen LogP contribution in [0, 0.1) is 17.5 Å². The third kappa shape index (κ3) is 2.05. The number of aliphatic hydroxyl groups is 1. The maximum Gasteiger partial charge on any atom is 0.174 e. The number of rotatable bonds is 3. The first-order chi connectivity index (χ1) is 7.02. The highest BCUT2D eigenvalue weighted by molar-refractivity contribution is 5.34. The zero-order valence-electron chi connectivity index (χ0n) is 7.93. The van der Waals surface area contributed by atoms with Crippen molar-refractivity contribution in [2.45, 2.75) is 6.10 Å². The Morgan fingerprint density at radius 1 is 1.40 bits per heavy atom. The van der Waals surface area contributed by atoms with Crippen LogP contribution in [0.5, 0.6) is 5.75 Å². The molecule has 84 valence electrons. The number of halogens is 3. The lowest BCUT2D eigenvalue weighted by atomic mass is 10.1. The average molecular weight is 221 g/mol. The number of benzene rings is 1. The summed E-state index contributed by atoms with van der Waals surface area (Å²) >= 11 is 0. The Kier molecular flexibility index (Phi) is 3.54. The summed E-state index contributed by atoms with van der Waals surface area (Å²) in [4.78, 5) is 0. The zero-order chi connectivity index (χ0) is 11.6. The van der Waals surface area contributed by atoms with Crippen molar-refractivity contribution in [2.75, 3.05) is 13.7 Å². The van der Waals surface area contributed by atoms with Crippen LogP contribution in [-0.2, 0) is 0 Å². The predicted octanol–water partition coefficient (Wildman–Crippen LogP) is 1.10. The summed E-state index contributed by atoms with van der Waals surface area (Å²) in [7, 11) is 1.11. The Morgan fingerprint density at radius 3 is 2.47 bits per heavy atom. The zero-order valence-corrected chi connectivity index (χ0v) is 7.93. The van der Waals surface area contributed by atoms with Crippen LogP contribution < -0.4 is 10.5 Å². The first-order valence-electron chi connectivity index (χ1n) is 4.12. The highest BCUT2D eigenvalue weighted by Crippen LogP contribution is 2.29. The van der Waals surface area contributed by atoms with Gasteiger partial charge in [-0.05, 0) is 0 Å². The van der Waals surface area contributed by atoms with Gasteiger partial charge < -0.3 is 15.6 Å². The van der Waals surface area contributed by atoms with Crippen LogP contribution in [0.1, 0.15) is 11.7 Å². The second-order valence-corrected chi connectivity index (χ2v) is 2.85. The lowest BCUT2D eigenvalue weighted by Crippen LogP contribution is -2.16. The average Bonchev–Trinajstić information content (AvgIpc) is 2.23. The van der Waals surface area contributed by atoms with E-state index in [0.717, 1.165) is 7.11 Å². The molecule has 3 nitrogen and oxygen atoms in total. The molecule has 0 fully saturated rings. The minimum Gasteiger partial charge on any atom is -0.494 e. The molecule has 15 heavy (non-hydrogen) atoms. The Hall–Kier alpha value is -1.27. The third-order valence-corrected chi connectivity index (χ3v) is 1.93.